The highest BCUT2D eigenvalue weighted by atomic mass is 32.1. The Labute approximate surface area is 114 Å². The van der Waals surface area contributed by atoms with Gasteiger partial charge in [0.1, 0.15) is 0 Å². The third kappa shape index (κ3) is 2.02. The van der Waals surface area contributed by atoms with Crippen molar-refractivity contribution in [3.63, 3.8) is 0 Å². The summed E-state index contributed by atoms with van der Waals surface area (Å²) in [5, 5.41) is 5.15. The van der Waals surface area contributed by atoms with Gasteiger partial charge in [0.2, 0.25) is 0 Å². The predicted octanol–water partition coefficient (Wildman–Crippen LogP) is 5.14. The van der Waals surface area contributed by atoms with Gasteiger partial charge in [-0.2, -0.15) is 13.5 Å². The number of rotatable bonds is 1. The van der Waals surface area contributed by atoms with Crippen molar-refractivity contribution >= 4 is 40.6 Å². The molecule has 0 nitrogen and oxygen atoms in total. The molecule has 0 aliphatic rings. The van der Waals surface area contributed by atoms with Crippen LogP contribution in [0.2, 0.25) is 0 Å². The van der Waals surface area contributed by atoms with Crippen molar-refractivity contribution in [3.05, 3.63) is 66.7 Å². The average molecular weight is 252 g/mol. The minimum Gasteiger partial charge on any atom is -0.197 e. The molecule has 0 N–H and O–H groups in total. The fourth-order valence-corrected chi connectivity index (χ4v) is 2.34. The van der Waals surface area contributed by atoms with Crippen LogP contribution in [0.1, 0.15) is 12.5 Å². The topological polar surface area (TPSA) is 0 Å². The molecule has 0 saturated heterocycles. The minimum atomic E-state index is 0. The smallest absolute Gasteiger partial charge is 0.0103 e. The van der Waals surface area contributed by atoms with Crippen LogP contribution in [-0.4, -0.2) is 0 Å². The first-order chi connectivity index (χ1) is 8.25. The van der Waals surface area contributed by atoms with Gasteiger partial charge >= 0.3 is 0 Å². The summed E-state index contributed by atoms with van der Waals surface area (Å²) >= 11 is 0. The van der Waals surface area contributed by atoms with E-state index in [0.29, 0.717) is 0 Å². The first-order valence-electron chi connectivity index (χ1n) is 5.83. The third-order valence-corrected chi connectivity index (χ3v) is 3.21. The van der Waals surface area contributed by atoms with Gasteiger partial charge in [0.05, 0.1) is 0 Å². The van der Waals surface area contributed by atoms with Crippen molar-refractivity contribution in [1.29, 1.82) is 0 Å². The van der Waals surface area contributed by atoms with E-state index in [0.717, 1.165) is 5.57 Å². The molecular formula is C17H16S. The van der Waals surface area contributed by atoms with Gasteiger partial charge in [-0.15, -0.1) is 0 Å². The molecule has 0 bridgehead atoms. The maximum atomic E-state index is 4.06. The lowest BCUT2D eigenvalue weighted by Gasteiger charge is -2.07. The van der Waals surface area contributed by atoms with Gasteiger partial charge in [0.15, 0.2) is 0 Å². The molecule has 0 radical (unpaired) electrons. The molecule has 0 unspecified atom stereocenters. The zero-order chi connectivity index (χ0) is 11.8. The summed E-state index contributed by atoms with van der Waals surface area (Å²) in [5.74, 6) is 0. The van der Waals surface area contributed by atoms with Gasteiger partial charge in [-0.25, -0.2) is 0 Å². The Bertz CT molecular complexity index is 726. The number of hydrogen-bond acceptors (Lipinski definition) is 0. The van der Waals surface area contributed by atoms with E-state index < -0.39 is 0 Å². The van der Waals surface area contributed by atoms with Crippen molar-refractivity contribution in [2.45, 2.75) is 6.92 Å². The second kappa shape index (κ2) is 4.87. The van der Waals surface area contributed by atoms with Crippen LogP contribution in [0.25, 0.3) is 27.1 Å². The summed E-state index contributed by atoms with van der Waals surface area (Å²) in [5.41, 5.74) is 2.36. The normalized spacial score (nSPS) is 10.3. The highest BCUT2D eigenvalue weighted by Crippen LogP contribution is 2.28. The number of allylic oxidation sites excluding steroid dienone is 1. The molecule has 0 saturated carbocycles. The molecule has 0 aliphatic heterocycles. The van der Waals surface area contributed by atoms with Crippen LogP contribution < -0.4 is 0 Å². The van der Waals surface area contributed by atoms with Crippen molar-refractivity contribution in [3.8, 4) is 0 Å². The zero-order valence-electron chi connectivity index (χ0n) is 10.4. The summed E-state index contributed by atoms with van der Waals surface area (Å²) in [6.07, 6.45) is 0. The molecule has 0 atom stereocenters. The second-order valence-corrected chi connectivity index (χ2v) is 4.51. The minimum absolute atomic E-state index is 0. The molecule has 90 valence electrons. The second-order valence-electron chi connectivity index (χ2n) is 4.51. The Kier molecular flexibility index (Phi) is 3.44. The first kappa shape index (κ1) is 12.7. The third-order valence-electron chi connectivity index (χ3n) is 3.21. The molecule has 0 amide bonds. The van der Waals surface area contributed by atoms with Crippen molar-refractivity contribution in [1.82, 2.24) is 0 Å². The van der Waals surface area contributed by atoms with E-state index in [-0.39, 0.29) is 13.5 Å². The van der Waals surface area contributed by atoms with Gasteiger partial charge in [-0.1, -0.05) is 54.6 Å². The lowest BCUT2D eigenvalue weighted by molar-refractivity contribution is 1.64. The van der Waals surface area contributed by atoms with Gasteiger partial charge in [-0.05, 0) is 46.2 Å². The summed E-state index contributed by atoms with van der Waals surface area (Å²) in [4.78, 5) is 0. The number of benzene rings is 3. The maximum Gasteiger partial charge on any atom is -0.0103 e. The molecule has 18 heavy (non-hydrogen) atoms. The van der Waals surface area contributed by atoms with Gasteiger partial charge < -0.3 is 0 Å². The van der Waals surface area contributed by atoms with E-state index in [4.69, 9.17) is 0 Å². The van der Waals surface area contributed by atoms with Gasteiger partial charge in [0, 0.05) is 0 Å². The lowest BCUT2D eigenvalue weighted by atomic mass is 9.97. The molecule has 3 aromatic rings. The summed E-state index contributed by atoms with van der Waals surface area (Å²) < 4.78 is 0. The Hall–Kier alpha value is -1.73. The van der Waals surface area contributed by atoms with Crippen LogP contribution in [0.5, 0.6) is 0 Å². The molecule has 3 rings (SSSR count). The predicted molar refractivity (Wildman–Crippen MR) is 86.5 cm³/mol. The molecule has 0 heterocycles. The Morgan fingerprint density at radius 3 is 2.11 bits per heavy atom. The molecule has 0 aliphatic carbocycles. The van der Waals surface area contributed by atoms with Crippen LogP contribution in [0.3, 0.4) is 0 Å². The molecule has 0 fully saturated rings. The van der Waals surface area contributed by atoms with Gasteiger partial charge in [0.25, 0.3) is 0 Å². The SMILES string of the molecule is C=C(C)c1cccc2cc3ccccc3cc12.S. The largest absolute Gasteiger partial charge is 0.197 e. The van der Waals surface area contributed by atoms with Crippen LogP contribution >= 0.6 is 13.5 Å². The quantitative estimate of drug-likeness (QED) is 0.526. The maximum absolute atomic E-state index is 4.06. The molecule has 3 aromatic carbocycles. The van der Waals surface area contributed by atoms with E-state index in [9.17, 15) is 0 Å². The lowest BCUT2D eigenvalue weighted by Crippen LogP contribution is -1.83. The Morgan fingerprint density at radius 1 is 0.833 bits per heavy atom. The van der Waals surface area contributed by atoms with E-state index in [1.54, 1.807) is 0 Å². The summed E-state index contributed by atoms with van der Waals surface area (Å²) in [7, 11) is 0. The van der Waals surface area contributed by atoms with Crippen LogP contribution in [-0.2, 0) is 0 Å². The molecule has 0 spiro atoms. The Morgan fingerprint density at radius 2 is 1.44 bits per heavy atom. The van der Waals surface area contributed by atoms with Gasteiger partial charge in [-0.3, -0.25) is 0 Å². The Balaban J connectivity index is 0.00000120. The van der Waals surface area contributed by atoms with E-state index >= 15 is 0 Å². The van der Waals surface area contributed by atoms with Crippen LogP contribution in [0.15, 0.2) is 61.2 Å². The molecule has 1 heteroatoms. The summed E-state index contributed by atoms with van der Waals surface area (Å²) in [6.45, 7) is 6.12. The number of fused-ring (bicyclic) bond motifs is 2. The van der Waals surface area contributed by atoms with Crippen molar-refractivity contribution in [2.75, 3.05) is 0 Å². The monoisotopic (exact) mass is 252 g/mol. The van der Waals surface area contributed by atoms with Crippen LogP contribution in [0, 0.1) is 0 Å². The van der Waals surface area contributed by atoms with Crippen molar-refractivity contribution in [2.24, 2.45) is 0 Å². The molecular weight excluding hydrogens is 236 g/mol. The van der Waals surface area contributed by atoms with E-state index in [1.807, 2.05) is 0 Å². The number of hydrogen-bond donors (Lipinski definition) is 0. The highest BCUT2D eigenvalue weighted by molar-refractivity contribution is 7.59. The van der Waals surface area contributed by atoms with E-state index in [2.05, 4.69) is 68.1 Å². The standard InChI is InChI=1S/C17H14.H2S/c1-12(2)16-9-5-8-15-10-13-6-3-4-7-14(13)11-17(15)16;/h3-11H,1H2,2H3;1H2. The van der Waals surface area contributed by atoms with Crippen LogP contribution in [0.4, 0.5) is 0 Å². The molecule has 0 aromatic heterocycles. The van der Waals surface area contributed by atoms with E-state index in [1.165, 1.54) is 27.1 Å². The highest BCUT2D eigenvalue weighted by Gasteiger charge is 2.02. The fourth-order valence-electron chi connectivity index (χ4n) is 2.34. The first-order valence-corrected chi connectivity index (χ1v) is 5.83. The average Bonchev–Trinajstić information content (AvgIpc) is 2.35. The summed E-state index contributed by atoms with van der Waals surface area (Å²) in [6, 6.07) is 19.4. The van der Waals surface area contributed by atoms with Crippen molar-refractivity contribution < 1.29 is 0 Å². The fraction of sp³-hybridized carbons (Fsp3) is 0.0588. The zero-order valence-corrected chi connectivity index (χ0v) is 11.4.